The Kier molecular flexibility index (Phi) is 15.9. The van der Waals surface area contributed by atoms with E-state index in [-0.39, 0.29) is 17.9 Å². The van der Waals surface area contributed by atoms with Gasteiger partial charge in [-0.3, -0.25) is 0 Å². The van der Waals surface area contributed by atoms with Crippen molar-refractivity contribution in [2.45, 2.75) is 88.7 Å². The summed E-state index contributed by atoms with van der Waals surface area (Å²) in [6.45, 7) is 3.34. The van der Waals surface area contributed by atoms with E-state index in [0.717, 1.165) is 36.5 Å². The molecule has 1 heterocycles. The smallest absolute Gasteiger partial charge is 0.416 e. The Labute approximate surface area is 260 Å². The third kappa shape index (κ3) is 13.0. The monoisotopic (exact) mass is 644 g/mol. The van der Waals surface area contributed by atoms with Crippen LogP contribution in [0.25, 0.3) is 0 Å². The van der Waals surface area contributed by atoms with Crippen LogP contribution in [-0.4, -0.2) is 33.6 Å². The summed E-state index contributed by atoms with van der Waals surface area (Å²) in [6, 6.07) is 8.60. The van der Waals surface area contributed by atoms with Crippen LogP contribution < -0.4 is 5.73 Å². The Hall–Kier alpha value is -2.92. The molecule has 11 heteroatoms. The molecule has 1 aliphatic heterocycles. The van der Waals surface area contributed by atoms with Gasteiger partial charge in [-0.05, 0) is 54.9 Å². The van der Waals surface area contributed by atoms with Gasteiger partial charge in [0.2, 0.25) is 0 Å². The minimum absolute atomic E-state index is 0.0213. The number of nitrogens with zero attached hydrogens (tertiary/aromatic N) is 1. The molecule has 1 atom stereocenters. The number of nitrogens with two attached hydrogens (primary N) is 1. The number of benzene rings is 2. The number of rotatable bonds is 16. The van der Waals surface area contributed by atoms with Crippen LogP contribution in [0.15, 0.2) is 72.5 Å². The van der Waals surface area contributed by atoms with E-state index < -0.39 is 46.8 Å². The van der Waals surface area contributed by atoms with Gasteiger partial charge in [0.1, 0.15) is 11.2 Å². The van der Waals surface area contributed by atoms with Crippen LogP contribution in [0, 0.1) is 5.82 Å². The Morgan fingerprint density at radius 1 is 0.932 bits per heavy atom. The molecular formula is C33H42F6N2O2S. The molecule has 0 bridgehead atoms. The molecule has 0 saturated carbocycles. The van der Waals surface area contributed by atoms with Crippen LogP contribution in [-0.2, 0) is 23.4 Å². The molecule has 0 fully saturated rings. The molecule has 1 unspecified atom stereocenters. The lowest BCUT2D eigenvalue weighted by Crippen LogP contribution is -2.34. The highest BCUT2D eigenvalue weighted by atomic mass is 32.2. The fourth-order valence-electron chi connectivity index (χ4n) is 4.54. The first kappa shape index (κ1) is 37.3. The average molecular weight is 645 g/mol. The van der Waals surface area contributed by atoms with Crippen molar-refractivity contribution in [3.8, 4) is 0 Å². The molecule has 0 saturated heterocycles. The predicted molar refractivity (Wildman–Crippen MR) is 165 cm³/mol. The predicted octanol–water partition coefficient (Wildman–Crippen LogP) is 9.51. The molecule has 0 spiro atoms. The maximum Gasteiger partial charge on any atom is 0.416 e. The molecule has 4 nitrogen and oxygen atoms in total. The van der Waals surface area contributed by atoms with Crippen molar-refractivity contribution in [3.05, 3.63) is 95.0 Å². The molecule has 244 valence electrons. The Morgan fingerprint density at radius 3 is 2.14 bits per heavy atom. The third-order valence-corrected chi connectivity index (χ3v) is 8.29. The van der Waals surface area contributed by atoms with Crippen molar-refractivity contribution in [2.75, 3.05) is 12.3 Å². The number of halogens is 6. The number of carboxylic acids is 1. The molecule has 0 aromatic heterocycles. The highest BCUT2D eigenvalue weighted by Gasteiger charge is 2.37. The average Bonchev–Trinajstić information content (AvgIpc) is 2.98. The second-order valence-electron chi connectivity index (χ2n) is 10.6. The quantitative estimate of drug-likeness (QED) is 0.141. The zero-order chi connectivity index (χ0) is 32.6. The Balaban J connectivity index is 0.000000523. The number of thioether (sulfide) groups is 1. The van der Waals surface area contributed by atoms with Crippen LogP contribution >= 0.6 is 11.8 Å². The van der Waals surface area contributed by atoms with Gasteiger partial charge < -0.3 is 15.7 Å². The van der Waals surface area contributed by atoms with Crippen LogP contribution in [0.2, 0.25) is 0 Å². The maximum absolute atomic E-state index is 14.6. The number of alkyl halides is 5. The molecule has 0 amide bonds. The lowest BCUT2D eigenvalue weighted by atomic mass is 10.0. The van der Waals surface area contributed by atoms with Gasteiger partial charge in [-0.15, -0.1) is 11.8 Å². The highest BCUT2D eigenvalue weighted by Crippen LogP contribution is 2.38. The molecule has 2 aromatic carbocycles. The van der Waals surface area contributed by atoms with Gasteiger partial charge in [0.05, 0.1) is 11.1 Å². The Morgan fingerprint density at radius 2 is 1.55 bits per heavy atom. The van der Waals surface area contributed by atoms with E-state index in [0.29, 0.717) is 11.6 Å². The normalized spacial score (nSPS) is 15.0. The van der Waals surface area contributed by atoms with E-state index in [1.54, 1.807) is 11.1 Å². The van der Waals surface area contributed by atoms with Gasteiger partial charge in [0.15, 0.2) is 0 Å². The van der Waals surface area contributed by atoms with Gasteiger partial charge >= 0.3 is 12.1 Å². The molecular weight excluding hydrogens is 602 g/mol. The summed E-state index contributed by atoms with van der Waals surface area (Å²) < 4.78 is 81.1. The van der Waals surface area contributed by atoms with E-state index in [1.165, 1.54) is 87.8 Å². The number of allylic oxidation sites excluding steroid dienone is 2. The topological polar surface area (TPSA) is 66.6 Å². The summed E-state index contributed by atoms with van der Waals surface area (Å²) in [5.74, 6) is -5.40. The summed E-state index contributed by atoms with van der Waals surface area (Å²) in [5, 5.41) is 8.72. The number of carbonyl (C=O) groups is 1. The minimum Gasteiger partial charge on any atom is -0.478 e. The van der Waals surface area contributed by atoms with E-state index >= 15 is 0 Å². The number of aliphatic carboxylic acids is 1. The maximum atomic E-state index is 14.6. The largest absolute Gasteiger partial charge is 0.478 e. The standard InChI is InChI=1S/C23H19F6NO2S.C10H23N/c24-18-8-6-15(7-9-18)14-30-11-2-5-19(21(31)32)20(30)33-12-10-22(25,26)16-3-1-4-17(13-16)23(27,28)29;1-2-3-4-5-6-7-8-9-10-11/h1-9,11,13,20H,10,12,14H2,(H,31,32);2-11H2,1H3. The van der Waals surface area contributed by atoms with Crippen LogP contribution in [0.4, 0.5) is 26.3 Å². The number of unbranched alkanes of at least 4 members (excludes halogenated alkanes) is 7. The van der Waals surface area contributed by atoms with Crippen LogP contribution in [0.1, 0.15) is 81.4 Å². The van der Waals surface area contributed by atoms with Gasteiger partial charge in [-0.1, -0.05) is 76.1 Å². The second kappa shape index (κ2) is 18.8. The molecule has 44 heavy (non-hydrogen) atoms. The van der Waals surface area contributed by atoms with Crippen molar-refractivity contribution in [3.63, 3.8) is 0 Å². The first-order chi connectivity index (χ1) is 20.9. The van der Waals surface area contributed by atoms with Crippen molar-refractivity contribution >= 4 is 17.7 Å². The summed E-state index contributed by atoms with van der Waals surface area (Å²) >= 11 is 0.945. The number of carboxylic acid groups (broad SMARTS) is 1. The third-order valence-electron chi connectivity index (χ3n) is 7.01. The highest BCUT2D eigenvalue weighted by molar-refractivity contribution is 8.00. The van der Waals surface area contributed by atoms with E-state index in [2.05, 4.69) is 6.92 Å². The molecule has 3 rings (SSSR count). The van der Waals surface area contributed by atoms with Gasteiger partial charge in [-0.25, -0.2) is 18.0 Å². The van der Waals surface area contributed by atoms with Crippen LogP contribution in [0.3, 0.4) is 0 Å². The molecule has 0 aliphatic carbocycles. The lowest BCUT2D eigenvalue weighted by Gasteiger charge is -2.33. The van der Waals surface area contributed by atoms with Crippen LogP contribution in [0.5, 0.6) is 0 Å². The SMILES string of the molecule is CCCCCCCCCCN.O=C(O)C1=CC=CN(Cc2ccc(F)cc2)C1SCCC(F)(F)c1cccc(C(F)(F)F)c1. The van der Waals surface area contributed by atoms with Gasteiger partial charge in [0, 0.05) is 30.5 Å². The summed E-state index contributed by atoms with van der Waals surface area (Å²) in [7, 11) is 0. The van der Waals surface area contributed by atoms with Gasteiger partial charge in [0.25, 0.3) is 5.92 Å². The fourth-order valence-corrected chi connectivity index (χ4v) is 5.83. The molecule has 3 N–H and O–H groups in total. The minimum atomic E-state index is -4.74. The number of hydrogen-bond donors (Lipinski definition) is 2. The van der Waals surface area contributed by atoms with Crippen molar-refractivity contribution < 1.29 is 36.2 Å². The van der Waals surface area contributed by atoms with Crippen molar-refractivity contribution in [1.82, 2.24) is 4.90 Å². The number of hydrogen-bond acceptors (Lipinski definition) is 4. The van der Waals surface area contributed by atoms with Crippen molar-refractivity contribution in [1.29, 1.82) is 0 Å². The van der Waals surface area contributed by atoms with E-state index in [9.17, 15) is 36.2 Å². The fraction of sp³-hybridized carbons (Fsp3) is 0.485. The second-order valence-corrected chi connectivity index (χ2v) is 11.8. The molecule has 2 aromatic rings. The molecule has 0 radical (unpaired) electrons. The van der Waals surface area contributed by atoms with Crippen molar-refractivity contribution in [2.24, 2.45) is 5.73 Å². The zero-order valence-electron chi connectivity index (χ0n) is 25.0. The first-order valence-corrected chi connectivity index (χ1v) is 15.9. The molecule has 1 aliphatic rings. The van der Waals surface area contributed by atoms with Gasteiger partial charge in [-0.2, -0.15) is 13.2 Å². The first-order valence-electron chi connectivity index (χ1n) is 14.9. The zero-order valence-corrected chi connectivity index (χ0v) is 25.8. The summed E-state index contributed by atoms with van der Waals surface area (Å²) in [6.07, 6.45) is 9.95. The lowest BCUT2D eigenvalue weighted by molar-refractivity contribution is -0.138. The van der Waals surface area contributed by atoms with E-state index in [1.807, 2.05) is 0 Å². The van der Waals surface area contributed by atoms with E-state index in [4.69, 9.17) is 5.73 Å². The summed E-state index contributed by atoms with van der Waals surface area (Å²) in [5.41, 5.74) is 4.15. The summed E-state index contributed by atoms with van der Waals surface area (Å²) in [4.78, 5) is 13.3. The Bertz CT molecular complexity index is 1190.